The lowest BCUT2D eigenvalue weighted by Gasteiger charge is -2.32. The van der Waals surface area contributed by atoms with Crippen LogP contribution >= 0.6 is 0 Å². The average Bonchev–Trinajstić information content (AvgIpc) is 2.61. The number of amides is 1. The molecule has 1 amide bonds. The first-order valence-corrected chi connectivity index (χ1v) is 8.33. The number of hydrogen-bond acceptors (Lipinski definition) is 4. The van der Waals surface area contributed by atoms with Crippen molar-refractivity contribution in [2.75, 3.05) is 11.4 Å². The van der Waals surface area contributed by atoms with Gasteiger partial charge in [0.2, 0.25) is 0 Å². The summed E-state index contributed by atoms with van der Waals surface area (Å²) >= 11 is 0. The van der Waals surface area contributed by atoms with Crippen LogP contribution in [-0.2, 0) is 20.9 Å². The summed E-state index contributed by atoms with van der Waals surface area (Å²) < 4.78 is 10.9. The molecule has 5 nitrogen and oxygen atoms in total. The molecule has 130 valence electrons. The highest BCUT2D eigenvalue weighted by Gasteiger charge is 2.31. The molecular formula is C20H21NO4. The van der Waals surface area contributed by atoms with Crippen molar-refractivity contribution >= 4 is 17.6 Å². The monoisotopic (exact) mass is 339 g/mol. The maximum atomic E-state index is 12.4. The van der Waals surface area contributed by atoms with Crippen molar-refractivity contribution in [3.8, 4) is 5.75 Å². The van der Waals surface area contributed by atoms with E-state index in [9.17, 15) is 9.59 Å². The van der Waals surface area contributed by atoms with Crippen molar-refractivity contribution in [2.24, 2.45) is 0 Å². The van der Waals surface area contributed by atoms with E-state index >= 15 is 0 Å². The molecule has 0 saturated heterocycles. The van der Waals surface area contributed by atoms with Crippen LogP contribution in [0.3, 0.4) is 0 Å². The van der Waals surface area contributed by atoms with Gasteiger partial charge < -0.3 is 14.4 Å². The predicted molar refractivity (Wildman–Crippen MR) is 94.5 cm³/mol. The minimum atomic E-state index is -0.558. The molecule has 0 fully saturated rings. The summed E-state index contributed by atoms with van der Waals surface area (Å²) in [5.74, 6) is 0.181. The van der Waals surface area contributed by atoms with E-state index in [0.29, 0.717) is 11.4 Å². The van der Waals surface area contributed by atoms with Crippen LogP contribution in [0, 0.1) is 6.92 Å². The Morgan fingerprint density at radius 1 is 1.16 bits per heavy atom. The van der Waals surface area contributed by atoms with Gasteiger partial charge in [-0.2, -0.15) is 0 Å². The van der Waals surface area contributed by atoms with Gasteiger partial charge in [-0.3, -0.25) is 9.59 Å². The van der Waals surface area contributed by atoms with E-state index in [-0.39, 0.29) is 31.4 Å². The molecule has 2 aromatic carbocycles. The number of para-hydroxylation sites is 2. The molecule has 1 atom stereocenters. The van der Waals surface area contributed by atoms with Gasteiger partial charge >= 0.3 is 5.97 Å². The fourth-order valence-electron chi connectivity index (χ4n) is 2.80. The van der Waals surface area contributed by atoms with Crippen molar-refractivity contribution in [1.29, 1.82) is 0 Å². The second-order valence-electron chi connectivity index (χ2n) is 6.05. The van der Waals surface area contributed by atoms with Crippen LogP contribution in [0.1, 0.15) is 24.5 Å². The third-order valence-electron chi connectivity index (χ3n) is 4.26. The molecule has 3 rings (SSSR count). The van der Waals surface area contributed by atoms with Crippen LogP contribution in [0.2, 0.25) is 0 Å². The predicted octanol–water partition coefficient (Wildman–Crippen LogP) is 3.24. The number of benzene rings is 2. The van der Waals surface area contributed by atoms with Gasteiger partial charge in [0, 0.05) is 6.54 Å². The number of anilines is 1. The molecule has 0 aliphatic carbocycles. The molecule has 1 heterocycles. The van der Waals surface area contributed by atoms with Crippen LogP contribution in [-0.4, -0.2) is 24.5 Å². The first-order valence-electron chi connectivity index (χ1n) is 8.33. The molecule has 1 aliphatic heterocycles. The largest absolute Gasteiger partial charge is 0.479 e. The summed E-state index contributed by atoms with van der Waals surface area (Å²) in [6.07, 6.45) is -0.420. The molecule has 0 aromatic heterocycles. The van der Waals surface area contributed by atoms with Crippen molar-refractivity contribution in [3.05, 3.63) is 59.7 Å². The smallest absolute Gasteiger partial charge is 0.307 e. The summed E-state index contributed by atoms with van der Waals surface area (Å²) in [5.41, 5.74) is 2.76. The van der Waals surface area contributed by atoms with Gasteiger partial charge in [0.25, 0.3) is 5.91 Å². The normalized spacial score (nSPS) is 16.2. The lowest BCUT2D eigenvalue weighted by Crippen LogP contribution is -2.45. The van der Waals surface area contributed by atoms with E-state index in [4.69, 9.17) is 9.47 Å². The van der Waals surface area contributed by atoms with E-state index in [1.165, 1.54) is 0 Å². The maximum Gasteiger partial charge on any atom is 0.307 e. The number of carbonyl (C=O) groups is 2. The third kappa shape index (κ3) is 3.82. The van der Waals surface area contributed by atoms with E-state index in [0.717, 1.165) is 11.1 Å². The molecule has 1 aliphatic rings. The van der Waals surface area contributed by atoms with Gasteiger partial charge in [-0.15, -0.1) is 0 Å². The van der Waals surface area contributed by atoms with E-state index in [2.05, 4.69) is 0 Å². The van der Waals surface area contributed by atoms with Crippen LogP contribution < -0.4 is 9.64 Å². The van der Waals surface area contributed by atoms with Gasteiger partial charge in [-0.1, -0.05) is 36.4 Å². The van der Waals surface area contributed by atoms with Gasteiger partial charge in [-0.05, 0) is 37.1 Å². The minimum absolute atomic E-state index is 0.138. The molecule has 5 heteroatoms. The molecule has 25 heavy (non-hydrogen) atoms. The SMILES string of the molecule is Cc1ccccc1COC(=O)CCN1C(=O)[C@H](C)Oc2ccccc21. The zero-order valence-corrected chi connectivity index (χ0v) is 14.4. The first-order chi connectivity index (χ1) is 12.1. The summed E-state index contributed by atoms with van der Waals surface area (Å²) in [5, 5.41) is 0. The molecule has 0 spiro atoms. The van der Waals surface area contributed by atoms with Crippen molar-refractivity contribution < 1.29 is 19.1 Å². The highest BCUT2D eigenvalue weighted by Crippen LogP contribution is 2.33. The molecule has 0 saturated carbocycles. The average molecular weight is 339 g/mol. The van der Waals surface area contributed by atoms with Crippen molar-refractivity contribution in [1.82, 2.24) is 0 Å². The number of fused-ring (bicyclic) bond motifs is 1. The van der Waals surface area contributed by atoms with Gasteiger partial charge in [-0.25, -0.2) is 0 Å². The molecule has 2 aromatic rings. The number of aryl methyl sites for hydroxylation is 1. The standard InChI is InChI=1S/C20H21NO4/c1-14-7-3-4-8-16(14)13-24-19(22)11-12-21-17-9-5-6-10-18(17)25-15(2)20(21)23/h3-10,15H,11-13H2,1-2H3/t15-/m0/s1. The Balaban J connectivity index is 1.60. The molecule has 0 radical (unpaired) electrons. The number of esters is 1. The first kappa shape index (κ1) is 17.0. The van der Waals surface area contributed by atoms with Crippen LogP contribution in [0.4, 0.5) is 5.69 Å². The molecule has 0 N–H and O–H groups in total. The Hall–Kier alpha value is -2.82. The highest BCUT2D eigenvalue weighted by molar-refractivity contribution is 6.00. The zero-order chi connectivity index (χ0) is 17.8. The van der Waals surface area contributed by atoms with Gasteiger partial charge in [0.15, 0.2) is 6.10 Å². The fraction of sp³-hybridized carbons (Fsp3) is 0.300. The summed E-state index contributed by atoms with van der Waals surface area (Å²) in [7, 11) is 0. The summed E-state index contributed by atoms with van der Waals surface area (Å²) in [6, 6.07) is 15.1. The highest BCUT2D eigenvalue weighted by atomic mass is 16.5. The number of nitrogens with zero attached hydrogens (tertiary/aromatic N) is 1. The van der Waals surface area contributed by atoms with Crippen molar-refractivity contribution in [2.45, 2.75) is 33.0 Å². The van der Waals surface area contributed by atoms with E-state index < -0.39 is 6.10 Å². The number of ether oxygens (including phenoxy) is 2. The Bertz CT molecular complexity index is 787. The quantitative estimate of drug-likeness (QED) is 0.785. The number of hydrogen-bond donors (Lipinski definition) is 0. The molecular weight excluding hydrogens is 318 g/mol. The van der Waals surface area contributed by atoms with Gasteiger partial charge in [0.05, 0.1) is 12.1 Å². The second-order valence-corrected chi connectivity index (χ2v) is 6.05. The Morgan fingerprint density at radius 3 is 2.68 bits per heavy atom. The van der Waals surface area contributed by atoms with Crippen LogP contribution in [0.15, 0.2) is 48.5 Å². The van der Waals surface area contributed by atoms with Crippen LogP contribution in [0.5, 0.6) is 5.75 Å². The molecule has 0 unspecified atom stereocenters. The van der Waals surface area contributed by atoms with Crippen molar-refractivity contribution in [3.63, 3.8) is 0 Å². The summed E-state index contributed by atoms with van der Waals surface area (Å²) in [6.45, 7) is 4.21. The Kier molecular flexibility index (Phi) is 5.03. The fourth-order valence-corrected chi connectivity index (χ4v) is 2.80. The van der Waals surface area contributed by atoms with Crippen LogP contribution in [0.25, 0.3) is 0 Å². The number of rotatable bonds is 5. The minimum Gasteiger partial charge on any atom is -0.479 e. The van der Waals surface area contributed by atoms with Gasteiger partial charge in [0.1, 0.15) is 12.4 Å². The van der Waals surface area contributed by atoms with E-state index in [1.807, 2.05) is 55.5 Å². The lowest BCUT2D eigenvalue weighted by atomic mass is 10.1. The third-order valence-corrected chi connectivity index (χ3v) is 4.26. The summed E-state index contributed by atoms with van der Waals surface area (Å²) in [4.78, 5) is 26.0. The Morgan fingerprint density at radius 2 is 1.88 bits per heavy atom. The second kappa shape index (κ2) is 7.38. The maximum absolute atomic E-state index is 12.4. The lowest BCUT2D eigenvalue weighted by molar-refractivity contribution is -0.144. The molecule has 0 bridgehead atoms. The zero-order valence-electron chi connectivity index (χ0n) is 14.4. The number of carbonyl (C=O) groups excluding carboxylic acids is 2. The van der Waals surface area contributed by atoms with E-state index in [1.54, 1.807) is 11.8 Å². The Labute approximate surface area is 147 Å². The topological polar surface area (TPSA) is 55.8 Å².